The summed E-state index contributed by atoms with van der Waals surface area (Å²) in [5.74, 6) is 0.236. The lowest BCUT2D eigenvalue weighted by Gasteiger charge is -2.20. The number of carbonyl (C=O) groups is 1. The third kappa shape index (κ3) is 4.16. The Hall–Kier alpha value is -3.81. The first-order valence-electron chi connectivity index (χ1n) is 9.79. The number of anilines is 1. The number of hydrogen-bond donors (Lipinski definition) is 0. The maximum absolute atomic E-state index is 12.9. The normalized spacial score (nSPS) is 11.6. The molecule has 0 fully saturated rings. The fourth-order valence-electron chi connectivity index (χ4n) is 3.50. The Kier molecular flexibility index (Phi) is 5.38. The molecule has 1 amide bonds. The second-order valence-electron chi connectivity index (χ2n) is 7.52. The Labute approximate surface area is 182 Å². The third-order valence-electron chi connectivity index (χ3n) is 5.17. The van der Waals surface area contributed by atoms with Gasteiger partial charge in [-0.25, -0.2) is 9.97 Å². The molecule has 162 valence electrons. The maximum Gasteiger partial charge on any atom is 0.416 e. The van der Waals surface area contributed by atoms with Crippen molar-refractivity contribution >= 4 is 22.5 Å². The fraction of sp³-hybridized carbons (Fsp3) is 0.167. The van der Waals surface area contributed by atoms with Gasteiger partial charge in [0.2, 0.25) is 0 Å². The quantitative estimate of drug-likeness (QED) is 0.419. The van der Waals surface area contributed by atoms with E-state index >= 15 is 0 Å². The van der Waals surface area contributed by atoms with Crippen LogP contribution in [0.4, 0.5) is 18.9 Å². The highest BCUT2D eigenvalue weighted by Gasteiger charge is 2.30. The van der Waals surface area contributed by atoms with Crippen LogP contribution in [0.5, 0.6) is 0 Å². The SMILES string of the molecule is Cc1cc(C(=O)N(C)c2ccc(-c3ncc4cc(C(F)(F)F)ccc4n3)cc2C)ccn1. The largest absolute Gasteiger partial charge is 0.416 e. The molecule has 0 saturated heterocycles. The average molecular weight is 436 g/mol. The minimum absolute atomic E-state index is 0.159. The molecule has 2 heterocycles. The first kappa shape index (κ1) is 21.4. The molecule has 4 rings (SSSR count). The van der Waals surface area contributed by atoms with Crippen LogP contribution in [0.2, 0.25) is 0 Å². The molecular weight excluding hydrogens is 417 g/mol. The van der Waals surface area contributed by atoms with Crippen LogP contribution in [0.1, 0.15) is 27.2 Å². The molecule has 0 aliphatic carbocycles. The molecule has 0 atom stereocenters. The molecule has 5 nitrogen and oxygen atoms in total. The van der Waals surface area contributed by atoms with Crippen molar-refractivity contribution in [2.75, 3.05) is 11.9 Å². The van der Waals surface area contributed by atoms with Crippen LogP contribution >= 0.6 is 0 Å². The van der Waals surface area contributed by atoms with Crippen LogP contribution in [0.15, 0.2) is 60.9 Å². The zero-order valence-corrected chi connectivity index (χ0v) is 17.6. The summed E-state index contributed by atoms with van der Waals surface area (Å²) < 4.78 is 38.8. The Morgan fingerprint density at radius 1 is 0.969 bits per heavy atom. The first-order valence-corrected chi connectivity index (χ1v) is 9.79. The van der Waals surface area contributed by atoms with Gasteiger partial charge in [-0.05, 0) is 67.9 Å². The number of amides is 1. The minimum Gasteiger partial charge on any atom is -0.311 e. The number of rotatable bonds is 3. The summed E-state index contributed by atoms with van der Waals surface area (Å²) in [6, 6.07) is 12.2. The highest BCUT2D eigenvalue weighted by atomic mass is 19.4. The van der Waals surface area contributed by atoms with E-state index in [1.54, 1.807) is 42.4 Å². The number of fused-ring (bicyclic) bond motifs is 1. The number of aryl methyl sites for hydroxylation is 2. The zero-order valence-electron chi connectivity index (χ0n) is 17.6. The summed E-state index contributed by atoms with van der Waals surface area (Å²) in [7, 11) is 1.70. The molecule has 0 unspecified atom stereocenters. The van der Waals surface area contributed by atoms with Gasteiger partial charge < -0.3 is 4.90 Å². The molecule has 0 N–H and O–H groups in total. The van der Waals surface area contributed by atoms with Crippen LogP contribution in [-0.4, -0.2) is 27.9 Å². The highest BCUT2D eigenvalue weighted by Crippen LogP contribution is 2.32. The summed E-state index contributed by atoms with van der Waals surface area (Å²) in [6.45, 7) is 3.70. The smallest absolute Gasteiger partial charge is 0.311 e. The van der Waals surface area contributed by atoms with Crippen LogP contribution in [0.25, 0.3) is 22.3 Å². The number of nitrogens with zero attached hydrogens (tertiary/aromatic N) is 4. The van der Waals surface area contributed by atoms with Gasteiger partial charge in [-0.3, -0.25) is 9.78 Å². The molecule has 32 heavy (non-hydrogen) atoms. The summed E-state index contributed by atoms with van der Waals surface area (Å²) in [5.41, 5.74) is 3.24. The van der Waals surface area contributed by atoms with Gasteiger partial charge in [0.25, 0.3) is 5.91 Å². The monoisotopic (exact) mass is 436 g/mol. The van der Waals surface area contributed by atoms with Crippen LogP contribution in [0.3, 0.4) is 0 Å². The summed E-state index contributed by atoms with van der Waals surface area (Å²) >= 11 is 0. The maximum atomic E-state index is 12.9. The van der Waals surface area contributed by atoms with Crippen LogP contribution < -0.4 is 4.90 Å². The van der Waals surface area contributed by atoms with E-state index < -0.39 is 11.7 Å². The Bertz CT molecular complexity index is 1330. The van der Waals surface area contributed by atoms with Gasteiger partial charge in [0.15, 0.2) is 5.82 Å². The summed E-state index contributed by atoms with van der Waals surface area (Å²) in [4.78, 5) is 27.2. The van der Waals surface area contributed by atoms with E-state index in [9.17, 15) is 18.0 Å². The molecule has 0 aliphatic rings. The average Bonchev–Trinajstić information content (AvgIpc) is 2.76. The number of alkyl halides is 3. The van der Waals surface area contributed by atoms with Gasteiger partial charge in [-0.2, -0.15) is 13.2 Å². The Morgan fingerprint density at radius 3 is 2.44 bits per heavy atom. The molecule has 0 bridgehead atoms. The lowest BCUT2D eigenvalue weighted by molar-refractivity contribution is -0.137. The van der Waals surface area contributed by atoms with E-state index in [1.165, 1.54) is 12.3 Å². The van der Waals surface area contributed by atoms with Gasteiger partial charge in [0, 0.05) is 47.3 Å². The van der Waals surface area contributed by atoms with E-state index in [1.807, 2.05) is 19.9 Å². The molecule has 4 aromatic rings. The van der Waals surface area contributed by atoms with Gasteiger partial charge in [-0.15, -0.1) is 0 Å². The van der Waals surface area contributed by atoms with Crippen LogP contribution in [0, 0.1) is 13.8 Å². The molecule has 0 radical (unpaired) electrons. The lowest BCUT2D eigenvalue weighted by Crippen LogP contribution is -2.27. The number of pyridine rings is 1. The molecular formula is C24H19F3N4O. The van der Waals surface area contributed by atoms with E-state index in [4.69, 9.17) is 0 Å². The predicted molar refractivity (Wildman–Crippen MR) is 116 cm³/mol. The van der Waals surface area contributed by atoms with Crippen molar-refractivity contribution in [1.29, 1.82) is 0 Å². The second kappa shape index (κ2) is 8.03. The van der Waals surface area contributed by atoms with E-state index in [0.717, 1.165) is 29.1 Å². The van der Waals surface area contributed by atoms with Crippen molar-refractivity contribution < 1.29 is 18.0 Å². The summed E-state index contributed by atoms with van der Waals surface area (Å²) in [6.07, 6.45) is -1.43. The van der Waals surface area contributed by atoms with Crippen molar-refractivity contribution in [3.05, 3.63) is 83.3 Å². The Morgan fingerprint density at radius 2 is 1.75 bits per heavy atom. The van der Waals surface area contributed by atoms with Crippen molar-refractivity contribution in [3.8, 4) is 11.4 Å². The topological polar surface area (TPSA) is 59.0 Å². The van der Waals surface area contributed by atoms with Crippen LogP contribution in [-0.2, 0) is 6.18 Å². The predicted octanol–water partition coefficient (Wildman–Crippen LogP) is 5.60. The first-order chi connectivity index (χ1) is 15.1. The Balaban J connectivity index is 1.64. The van der Waals surface area contributed by atoms with Crippen molar-refractivity contribution in [1.82, 2.24) is 15.0 Å². The minimum atomic E-state index is -4.42. The van der Waals surface area contributed by atoms with Gasteiger partial charge in [0.1, 0.15) is 0 Å². The van der Waals surface area contributed by atoms with Crippen molar-refractivity contribution in [3.63, 3.8) is 0 Å². The number of aromatic nitrogens is 3. The molecule has 0 aliphatic heterocycles. The molecule has 2 aromatic carbocycles. The molecule has 2 aromatic heterocycles. The van der Waals surface area contributed by atoms with Gasteiger partial charge >= 0.3 is 6.18 Å². The van der Waals surface area contributed by atoms with E-state index in [0.29, 0.717) is 27.9 Å². The standard InChI is InChI=1S/C24H19F3N4O/c1-14-10-16(4-7-21(14)31(3)23(32)17-8-9-28-15(2)11-17)22-29-13-18-12-19(24(25,26)27)5-6-20(18)30-22/h4-13H,1-3H3. The third-order valence-corrected chi connectivity index (χ3v) is 5.17. The van der Waals surface area contributed by atoms with Crippen molar-refractivity contribution in [2.24, 2.45) is 0 Å². The zero-order chi connectivity index (χ0) is 23.0. The van der Waals surface area contributed by atoms with E-state index in [-0.39, 0.29) is 5.91 Å². The number of hydrogen-bond acceptors (Lipinski definition) is 4. The van der Waals surface area contributed by atoms with Gasteiger partial charge in [-0.1, -0.05) is 0 Å². The second-order valence-corrected chi connectivity index (χ2v) is 7.52. The number of benzene rings is 2. The molecule has 0 spiro atoms. The number of halogens is 3. The molecule has 0 saturated carbocycles. The van der Waals surface area contributed by atoms with Gasteiger partial charge in [0.05, 0.1) is 11.1 Å². The fourth-order valence-corrected chi connectivity index (χ4v) is 3.50. The highest BCUT2D eigenvalue weighted by molar-refractivity contribution is 6.06. The molecule has 8 heteroatoms. The van der Waals surface area contributed by atoms with Crippen molar-refractivity contribution in [2.45, 2.75) is 20.0 Å². The van der Waals surface area contributed by atoms with E-state index in [2.05, 4.69) is 15.0 Å². The lowest BCUT2D eigenvalue weighted by atomic mass is 10.1. The summed E-state index contributed by atoms with van der Waals surface area (Å²) in [5, 5.41) is 0.315. The number of carbonyl (C=O) groups excluding carboxylic acids is 1.